The van der Waals surface area contributed by atoms with Crippen LogP contribution in [-0.2, 0) is 4.74 Å². The first kappa shape index (κ1) is 8.74. The monoisotopic (exact) mass is 190 g/mol. The van der Waals surface area contributed by atoms with Crippen molar-refractivity contribution in [2.45, 2.75) is 6.92 Å². The zero-order chi connectivity index (χ0) is 9.97. The van der Waals surface area contributed by atoms with Gasteiger partial charge in [-0.2, -0.15) is 5.10 Å². The van der Waals surface area contributed by atoms with Gasteiger partial charge in [0.15, 0.2) is 0 Å². The zero-order valence-corrected chi connectivity index (χ0v) is 7.80. The Morgan fingerprint density at radius 3 is 3.21 bits per heavy atom. The summed E-state index contributed by atoms with van der Waals surface area (Å²) in [4.78, 5) is 11.4. The van der Waals surface area contributed by atoms with Gasteiger partial charge in [0.05, 0.1) is 17.7 Å². The summed E-state index contributed by atoms with van der Waals surface area (Å²) in [5.41, 5.74) is 1.42. The molecule has 2 aromatic heterocycles. The van der Waals surface area contributed by atoms with Crippen LogP contribution in [0.5, 0.6) is 0 Å². The van der Waals surface area contributed by atoms with Crippen molar-refractivity contribution in [3.63, 3.8) is 0 Å². The Morgan fingerprint density at radius 2 is 2.50 bits per heavy atom. The Bertz CT molecular complexity index is 429. The van der Waals surface area contributed by atoms with Crippen LogP contribution in [0.3, 0.4) is 0 Å². The second-order valence-corrected chi connectivity index (χ2v) is 2.84. The van der Waals surface area contributed by atoms with Crippen molar-refractivity contribution in [3.8, 4) is 0 Å². The molecule has 0 atom stereocenters. The summed E-state index contributed by atoms with van der Waals surface area (Å²) in [6.45, 7) is 2.17. The minimum atomic E-state index is -0.307. The van der Waals surface area contributed by atoms with Crippen molar-refractivity contribution in [3.05, 3.63) is 36.2 Å². The number of esters is 1. The average Bonchev–Trinajstić information content (AvgIpc) is 2.61. The molecule has 0 amide bonds. The predicted molar refractivity (Wildman–Crippen MR) is 51.1 cm³/mol. The number of nitrogens with zero attached hydrogens (tertiary/aromatic N) is 2. The van der Waals surface area contributed by atoms with E-state index < -0.39 is 0 Å². The van der Waals surface area contributed by atoms with E-state index >= 15 is 0 Å². The molecular weight excluding hydrogens is 180 g/mol. The summed E-state index contributed by atoms with van der Waals surface area (Å²) in [5.74, 6) is -0.307. The van der Waals surface area contributed by atoms with Gasteiger partial charge in [0.25, 0.3) is 0 Å². The number of carbonyl (C=O) groups excluding carboxylic acids is 1. The summed E-state index contributed by atoms with van der Waals surface area (Å²) in [5, 5.41) is 4.05. The molecule has 0 bridgehead atoms. The molecule has 0 N–H and O–H groups in total. The highest BCUT2D eigenvalue weighted by Gasteiger charge is 2.08. The first-order valence-corrected chi connectivity index (χ1v) is 4.42. The van der Waals surface area contributed by atoms with Gasteiger partial charge in [-0.3, -0.25) is 0 Å². The van der Waals surface area contributed by atoms with Crippen LogP contribution in [0.1, 0.15) is 17.3 Å². The van der Waals surface area contributed by atoms with E-state index in [0.29, 0.717) is 12.2 Å². The molecule has 14 heavy (non-hydrogen) atoms. The molecule has 0 aromatic carbocycles. The Balaban J connectivity index is 2.40. The van der Waals surface area contributed by atoms with Gasteiger partial charge in [0.1, 0.15) is 0 Å². The van der Waals surface area contributed by atoms with Gasteiger partial charge >= 0.3 is 5.97 Å². The average molecular weight is 190 g/mol. The minimum absolute atomic E-state index is 0.307. The molecule has 4 heteroatoms. The third kappa shape index (κ3) is 1.46. The fourth-order valence-electron chi connectivity index (χ4n) is 1.27. The second kappa shape index (κ2) is 3.49. The molecule has 0 unspecified atom stereocenters. The van der Waals surface area contributed by atoms with E-state index in [2.05, 4.69) is 5.10 Å². The maximum atomic E-state index is 11.4. The van der Waals surface area contributed by atoms with Gasteiger partial charge in [0, 0.05) is 12.4 Å². The highest BCUT2D eigenvalue weighted by atomic mass is 16.5. The Kier molecular flexibility index (Phi) is 2.18. The van der Waals surface area contributed by atoms with E-state index in [0.717, 1.165) is 5.52 Å². The van der Waals surface area contributed by atoms with E-state index in [1.165, 1.54) is 0 Å². The van der Waals surface area contributed by atoms with Gasteiger partial charge in [-0.15, -0.1) is 0 Å². The molecule has 4 nitrogen and oxygen atoms in total. The van der Waals surface area contributed by atoms with Crippen molar-refractivity contribution in [2.75, 3.05) is 6.61 Å². The van der Waals surface area contributed by atoms with Crippen molar-refractivity contribution in [2.24, 2.45) is 0 Å². The number of hydrogen-bond donors (Lipinski definition) is 0. The molecule has 0 saturated heterocycles. The van der Waals surface area contributed by atoms with Gasteiger partial charge < -0.3 is 4.74 Å². The number of aromatic nitrogens is 2. The Labute approximate surface area is 81.1 Å². The summed E-state index contributed by atoms with van der Waals surface area (Å²) in [6, 6.07) is 5.46. The lowest BCUT2D eigenvalue weighted by molar-refractivity contribution is 0.0526. The van der Waals surface area contributed by atoms with Crippen LogP contribution in [-0.4, -0.2) is 22.2 Å². The van der Waals surface area contributed by atoms with Gasteiger partial charge in [0.2, 0.25) is 0 Å². The molecule has 0 saturated carbocycles. The Morgan fingerprint density at radius 1 is 1.64 bits per heavy atom. The molecule has 2 rings (SSSR count). The first-order chi connectivity index (χ1) is 6.81. The van der Waals surface area contributed by atoms with Crippen LogP contribution in [0.4, 0.5) is 0 Å². The quantitative estimate of drug-likeness (QED) is 0.674. The normalized spacial score (nSPS) is 10.4. The molecule has 0 aliphatic carbocycles. The number of rotatable bonds is 2. The standard InChI is InChI=1S/C10H10N2O2/c1-2-14-10(13)8-6-9-4-3-5-11-12(9)7-8/h3-7H,2H2,1H3. The fraction of sp³-hybridized carbons (Fsp3) is 0.200. The zero-order valence-electron chi connectivity index (χ0n) is 7.80. The molecule has 0 aliphatic heterocycles. The highest BCUT2D eigenvalue weighted by molar-refractivity contribution is 5.91. The number of ether oxygens (including phenoxy) is 1. The number of fused-ring (bicyclic) bond motifs is 1. The van der Waals surface area contributed by atoms with E-state index in [4.69, 9.17) is 4.74 Å². The van der Waals surface area contributed by atoms with Crippen LogP contribution in [0.2, 0.25) is 0 Å². The maximum absolute atomic E-state index is 11.4. The lowest BCUT2D eigenvalue weighted by Crippen LogP contribution is -2.02. The molecule has 0 spiro atoms. The topological polar surface area (TPSA) is 43.6 Å². The van der Waals surface area contributed by atoms with E-state index in [1.54, 1.807) is 29.9 Å². The lowest BCUT2D eigenvalue weighted by Gasteiger charge is -1.96. The van der Waals surface area contributed by atoms with Crippen LogP contribution in [0.15, 0.2) is 30.6 Å². The van der Waals surface area contributed by atoms with Crippen molar-refractivity contribution < 1.29 is 9.53 Å². The molecule has 2 aromatic rings. The second-order valence-electron chi connectivity index (χ2n) is 2.84. The molecule has 72 valence electrons. The van der Waals surface area contributed by atoms with Crippen molar-refractivity contribution >= 4 is 11.5 Å². The molecule has 2 heterocycles. The molecular formula is C10H10N2O2. The lowest BCUT2D eigenvalue weighted by atomic mass is 10.3. The maximum Gasteiger partial charge on any atom is 0.339 e. The summed E-state index contributed by atoms with van der Waals surface area (Å²) in [7, 11) is 0. The van der Waals surface area contributed by atoms with Crippen molar-refractivity contribution in [1.82, 2.24) is 9.61 Å². The number of carbonyl (C=O) groups is 1. The molecule has 0 fully saturated rings. The third-order valence-electron chi connectivity index (χ3n) is 1.88. The fourth-order valence-corrected chi connectivity index (χ4v) is 1.27. The van der Waals surface area contributed by atoms with Gasteiger partial charge in [-0.05, 0) is 25.1 Å². The van der Waals surface area contributed by atoms with Crippen LogP contribution in [0, 0.1) is 0 Å². The van der Waals surface area contributed by atoms with Crippen LogP contribution in [0.25, 0.3) is 5.52 Å². The number of hydrogen-bond acceptors (Lipinski definition) is 3. The van der Waals surface area contributed by atoms with Crippen molar-refractivity contribution in [1.29, 1.82) is 0 Å². The predicted octanol–water partition coefficient (Wildman–Crippen LogP) is 1.51. The van der Waals surface area contributed by atoms with Gasteiger partial charge in [-0.1, -0.05) is 0 Å². The first-order valence-electron chi connectivity index (χ1n) is 4.42. The Hall–Kier alpha value is -1.84. The SMILES string of the molecule is CCOC(=O)c1cc2cccnn2c1. The van der Waals surface area contributed by atoms with Gasteiger partial charge in [-0.25, -0.2) is 9.31 Å². The van der Waals surface area contributed by atoms with E-state index in [-0.39, 0.29) is 5.97 Å². The minimum Gasteiger partial charge on any atom is -0.462 e. The largest absolute Gasteiger partial charge is 0.462 e. The third-order valence-corrected chi connectivity index (χ3v) is 1.88. The summed E-state index contributed by atoms with van der Waals surface area (Å²) < 4.78 is 6.52. The summed E-state index contributed by atoms with van der Waals surface area (Å²) >= 11 is 0. The molecule has 0 radical (unpaired) electrons. The smallest absolute Gasteiger partial charge is 0.339 e. The van der Waals surface area contributed by atoms with E-state index in [9.17, 15) is 4.79 Å². The summed E-state index contributed by atoms with van der Waals surface area (Å²) in [6.07, 6.45) is 3.33. The van der Waals surface area contributed by atoms with Crippen LogP contribution < -0.4 is 0 Å². The van der Waals surface area contributed by atoms with E-state index in [1.807, 2.05) is 12.1 Å². The van der Waals surface area contributed by atoms with Crippen LogP contribution >= 0.6 is 0 Å². The molecule has 0 aliphatic rings. The highest BCUT2D eigenvalue weighted by Crippen LogP contribution is 2.08.